The van der Waals surface area contributed by atoms with Crippen molar-refractivity contribution in [3.63, 3.8) is 0 Å². The summed E-state index contributed by atoms with van der Waals surface area (Å²) in [7, 11) is 0. The van der Waals surface area contributed by atoms with Gasteiger partial charge in [0.05, 0.1) is 0 Å². The topological polar surface area (TPSA) is 82.2 Å². The smallest absolute Gasteiger partial charge is 0.255 e. The summed E-state index contributed by atoms with van der Waals surface area (Å²) in [5.74, 6) is -0.0161. The van der Waals surface area contributed by atoms with E-state index in [1.165, 1.54) is 31.2 Å². The summed E-state index contributed by atoms with van der Waals surface area (Å²) < 4.78 is 6.81. The molecule has 2 saturated heterocycles. The Labute approximate surface area is 229 Å². The predicted molar refractivity (Wildman–Crippen MR) is 145 cm³/mol. The summed E-state index contributed by atoms with van der Waals surface area (Å²) in [5.41, 5.74) is 2.83. The normalized spacial score (nSPS) is 27.6. The number of nitrogens with zero attached hydrogens (tertiary/aromatic N) is 3. The molecule has 39 heavy (non-hydrogen) atoms. The summed E-state index contributed by atoms with van der Waals surface area (Å²) in [6.07, 6.45) is 6.95. The maximum atomic E-state index is 13.2. The molecule has 2 saturated carbocycles. The van der Waals surface area contributed by atoms with Gasteiger partial charge in [-0.3, -0.25) is 29.5 Å². The lowest BCUT2D eigenvalue weighted by Gasteiger charge is -2.44. The standard InChI is InChI=1S/C31H36N4O4/c36-29-13-12-27(30(37)32-29)34-18-21-16-24(10-11-25(21)31(34)38)39-28-19-33(17-20-4-2-1-3-5-20)15-14-26(28)35(22-6-7-22)23-8-9-23/h1-5,10-11,16,22-23,26-28H,6-9,12-15,17-19H2,(H,32,36,37)/t26-,27?,28-/m0/s1. The SMILES string of the molecule is O=C1CCC(N2Cc3cc(O[C@H]4CN(Cc5ccccc5)CC[C@@H]4N(C4CC4)C4CC4)ccc3C2=O)C(=O)N1. The van der Waals surface area contributed by atoms with E-state index in [0.29, 0.717) is 36.7 Å². The van der Waals surface area contributed by atoms with Gasteiger partial charge in [0.15, 0.2) is 0 Å². The average Bonchev–Trinajstić information content (AvgIpc) is 3.86. The number of nitrogens with one attached hydrogen (secondary N) is 1. The van der Waals surface area contributed by atoms with Gasteiger partial charge in [-0.25, -0.2) is 0 Å². The van der Waals surface area contributed by atoms with E-state index in [1.807, 2.05) is 18.2 Å². The number of carbonyl (C=O) groups excluding carboxylic acids is 3. The molecule has 3 atom stereocenters. The molecule has 0 spiro atoms. The molecule has 0 radical (unpaired) electrons. The summed E-state index contributed by atoms with van der Waals surface area (Å²) in [6, 6.07) is 17.6. The molecule has 3 aliphatic heterocycles. The largest absolute Gasteiger partial charge is 0.487 e. The number of benzene rings is 2. The summed E-state index contributed by atoms with van der Waals surface area (Å²) in [4.78, 5) is 44.1. The monoisotopic (exact) mass is 528 g/mol. The highest BCUT2D eigenvalue weighted by atomic mass is 16.5. The van der Waals surface area contributed by atoms with Gasteiger partial charge in [0, 0.05) is 56.3 Å². The van der Waals surface area contributed by atoms with Crippen molar-refractivity contribution in [2.24, 2.45) is 0 Å². The molecule has 2 aliphatic carbocycles. The third-order valence-corrected chi connectivity index (χ3v) is 8.96. The van der Waals surface area contributed by atoms with Gasteiger partial charge in [-0.1, -0.05) is 30.3 Å². The molecule has 2 aromatic rings. The van der Waals surface area contributed by atoms with Crippen molar-refractivity contribution >= 4 is 17.7 Å². The number of likely N-dealkylation sites (tertiary alicyclic amines) is 1. The van der Waals surface area contributed by atoms with Gasteiger partial charge in [-0.05, 0) is 67.9 Å². The third-order valence-electron chi connectivity index (χ3n) is 8.96. The number of amides is 3. The fourth-order valence-corrected chi connectivity index (χ4v) is 6.79. The number of imide groups is 1. The Morgan fingerprint density at radius 3 is 2.41 bits per heavy atom. The minimum absolute atomic E-state index is 0.0463. The molecule has 0 bridgehead atoms. The first-order chi connectivity index (χ1) is 19.0. The maximum Gasteiger partial charge on any atom is 0.255 e. The van der Waals surface area contributed by atoms with E-state index in [-0.39, 0.29) is 30.2 Å². The molecule has 1 N–H and O–H groups in total. The zero-order valence-electron chi connectivity index (χ0n) is 22.3. The van der Waals surface area contributed by atoms with Gasteiger partial charge in [0.1, 0.15) is 17.9 Å². The second-order valence-electron chi connectivity index (χ2n) is 11.9. The van der Waals surface area contributed by atoms with Crippen LogP contribution in [-0.2, 0) is 22.7 Å². The first-order valence-electron chi connectivity index (χ1n) is 14.5. The molecule has 1 unspecified atom stereocenters. The quantitative estimate of drug-likeness (QED) is 0.531. The van der Waals surface area contributed by atoms with Crippen LogP contribution >= 0.6 is 0 Å². The lowest BCUT2D eigenvalue weighted by atomic mass is 9.98. The Hall–Kier alpha value is -3.23. The number of rotatable bonds is 8. The van der Waals surface area contributed by atoms with Crippen LogP contribution in [0.15, 0.2) is 48.5 Å². The van der Waals surface area contributed by atoms with Crippen molar-refractivity contribution in [1.29, 1.82) is 0 Å². The van der Waals surface area contributed by atoms with Crippen LogP contribution in [0.1, 0.15) is 66.4 Å². The first-order valence-corrected chi connectivity index (χ1v) is 14.5. The molecule has 204 valence electrons. The van der Waals surface area contributed by atoms with E-state index in [1.54, 1.807) is 4.90 Å². The molecule has 5 aliphatic rings. The summed E-state index contributed by atoms with van der Waals surface area (Å²) in [5, 5.41) is 2.38. The minimum Gasteiger partial charge on any atom is -0.487 e. The Morgan fingerprint density at radius 1 is 0.923 bits per heavy atom. The van der Waals surface area contributed by atoms with Crippen LogP contribution in [0.5, 0.6) is 5.75 Å². The number of carbonyl (C=O) groups is 3. The van der Waals surface area contributed by atoms with Gasteiger partial charge in [-0.2, -0.15) is 0 Å². The van der Waals surface area contributed by atoms with Crippen LogP contribution in [0.3, 0.4) is 0 Å². The molecular formula is C31H36N4O4. The molecule has 4 fully saturated rings. The van der Waals surface area contributed by atoms with Crippen molar-refractivity contribution in [1.82, 2.24) is 20.0 Å². The minimum atomic E-state index is -0.605. The molecule has 2 aromatic carbocycles. The molecule has 0 aromatic heterocycles. The van der Waals surface area contributed by atoms with Gasteiger partial charge in [-0.15, -0.1) is 0 Å². The lowest BCUT2D eigenvalue weighted by molar-refractivity contribution is -0.136. The van der Waals surface area contributed by atoms with E-state index >= 15 is 0 Å². The van der Waals surface area contributed by atoms with E-state index in [9.17, 15) is 14.4 Å². The van der Waals surface area contributed by atoms with E-state index in [4.69, 9.17) is 4.74 Å². The van der Waals surface area contributed by atoms with Gasteiger partial charge in [0.2, 0.25) is 11.8 Å². The van der Waals surface area contributed by atoms with Crippen molar-refractivity contribution < 1.29 is 19.1 Å². The summed E-state index contributed by atoms with van der Waals surface area (Å²) >= 11 is 0. The highest BCUT2D eigenvalue weighted by Crippen LogP contribution is 2.42. The van der Waals surface area contributed by atoms with Crippen molar-refractivity contribution in [2.45, 2.75) is 88.3 Å². The molecular weight excluding hydrogens is 492 g/mol. The average molecular weight is 529 g/mol. The van der Waals surface area contributed by atoms with Gasteiger partial charge >= 0.3 is 0 Å². The lowest BCUT2D eigenvalue weighted by Crippen LogP contribution is -2.57. The highest BCUT2D eigenvalue weighted by molar-refractivity contribution is 6.05. The second-order valence-corrected chi connectivity index (χ2v) is 11.9. The van der Waals surface area contributed by atoms with Crippen molar-refractivity contribution in [3.05, 3.63) is 65.2 Å². The Kier molecular flexibility index (Phi) is 6.40. The number of ether oxygens (including phenoxy) is 1. The second kappa shape index (κ2) is 10.1. The Balaban J connectivity index is 1.10. The van der Waals surface area contributed by atoms with Crippen LogP contribution in [-0.4, -0.2) is 75.8 Å². The first kappa shape index (κ1) is 24.8. The molecule has 8 nitrogen and oxygen atoms in total. The van der Waals surface area contributed by atoms with E-state index in [2.05, 4.69) is 45.4 Å². The number of hydrogen-bond acceptors (Lipinski definition) is 6. The zero-order valence-corrected chi connectivity index (χ0v) is 22.3. The fourth-order valence-electron chi connectivity index (χ4n) is 6.79. The molecule has 8 heteroatoms. The fraction of sp³-hybridized carbons (Fsp3) is 0.516. The van der Waals surface area contributed by atoms with Crippen LogP contribution in [0.4, 0.5) is 0 Å². The van der Waals surface area contributed by atoms with Gasteiger partial charge in [0.25, 0.3) is 5.91 Å². The zero-order chi connectivity index (χ0) is 26.5. The van der Waals surface area contributed by atoms with Crippen LogP contribution in [0.2, 0.25) is 0 Å². The van der Waals surface area contributed by atoms with Crippen LogP contribution < -0.4 is 10.1 Å². The Bertz CT molecular complexity index is 1260. The van der Waals surface area contributed by atoms with Gasteiger partial charge < -0.3 is 9.64 Å². The molecule has 7 rings (SSSR count). The molecule has 3 heterocycles. The Morgan fingerprint density at radius 2 is 1.69 bits per heavy atom. The van der Waals surface area contributed by atoms with Crippen LogP contribution in [0, 0.1) is 0 Å². The van der Waals surface area contributed by atoms with Crippen molar-refractivity contribution in [2.75, 3.05) is 13.1 Å². The molecule has 3 amide bonds. The number of fused-ring (bicyclic) bond motifs is 1. The summed E-state index contributed by atoms with van der Waals surface area (Å²) in [6.45, 7) is 3.21. The number of hydrogen-bond donors (Lipinski definition) is 1. The predicted octanol–water partition coefficient (Wildman–Crippen LogP) is 3.10. The maximum absolute atomic E-state index is 13.2. The van der Waals surface area contributed by atoms with Crippen LogP contribution in [0.25, 0.3) is 0 Å². The van der Waals surface area contributed by atoms with E-state index in [0.717, 1.165) is 37.4 Å². The van der Waals surface area contributed by atoms with Crippen molar-refractivity contribution in [3.8, 4) is 5.75 Å². The van der Waals surface area contributed by atoms with E-state index < -0.39 is 6.04 Å². The third kappa shape index (κ3) is 5.08. The number of piperidine rings is 2. The highest BCUT2D eigenvalue weighted by Gasteiger charge is 2.47.